The van der Waals surface area contributed by atoms with Crippen molar-refractivity contribution < 1.29 is 9.59 Å². The summed E-state index contributed by atoms with van der Waals surface area (Å²) in [4.78, 5) is 26.8. The normalized spacial score (nSPS) is 13.0. The fraction of sp³-hybridized carbons (Fsp3) is 0.667. The summed E-state index contributed by atoms with van der Waals surface area (Å²) in [6.07, 6.45) is 6.39. The number of hydrogen-bond acceptors (Lipinski definition) is 2. The topological polar surface area (TPSA) is 49.4 Å². The Morgan fingerprint density at radius 2 is 1.75 bits per heavy atom. The molecule has 1 aromatic carbocycles. The van der Waals surface area contributed by atoms with E-state index in [4.69, 9.17) is 0 Å². The Bertz CT molecular complexity index is 559. The summed E-state index contributed by atoms with van der Waals surface area (Å²) < 4.78 is 0. The van der Waals surface area contributed by atoms with Gasteiger partial charge in [0.2, 0.25) is 11.8 Å². The van der Waals surface area contributed by atoms with Gasteiger partial charge in [-0.05, 0) is 37.2 Å². The Kier molecular flexibility index (Phi) is 12.3. The molecular formula is C24H40N2O2. The van der Waals surface area contributed by atoms with E-state index in [9.17, 15) is 9.59 Å². The number of hydrogen-bond donors (Lipinski definition) is 1. The molecule has 0 aliphatic carbocycles. The zero-order valence-electron chi connectivity index (χ0n) is 18.4. The van der Waals surface area contributed by atoms with Gasteiger partial charge in [-0.2, -0.15) is 0 Å². The van der Waals surface area contributed by atoms with Crippen molar-refractivity contribution in [3.8, 4) is 0 Å². The van der Waals surface area contributed by atoms with E-state index in [1.807, 2.05) is 30.0 Å². The molecule has 0 bridgehead atoms. The van der Waals surface area contributed by atoms with Crippen molar-refractivity contribution in [3.63, 3.8) is 0 Å². The maximum absolute atomic E-state index is 12.5. The number of carbonyl (C=O) groups excluding carboxylic acids is 2. The molecule has 4 heteroatoms. The minimum absolute atomic E-state index is 0.0802. The van der Waals surface area contributed by atoms with Crippen LogP contribution < -0.4 is 5.32 Å². The van der Waals surface area contributed by atoms with E-state index in [-0.39, 0.29) is 17.7 Å². The zero-order valence-corrected chi connectivity index (χ0v) is 18.4. The first-order valence-corrected chi connectivity index (χ1v) is 11.1. The number of carbonyl (C=O) groups is 2. The maximum Gasteiger partial charge on any atom is 0.222 e. The molecule has 0 fully saturated rings. The molecule has 0 heterocycles. The highest BCUT2D eigenvalue weighted by Gasteiger charge is 2.17. The van der Waals surface area contributed by atoms with Gasteiger partial charge in [-0.15, -0.1) is 0 Å². The summed E-state index contributed by atoms with van der Waals surface area (Å²) in [6, 6.07) is 10.2. The van der Waals surface area contributed by atoms with Gasteiger partial charge >= 0.3 is 0 Å². The van der Waals surface area contributed by atoms with E-state index in [1.54, 1.807) is 0 Å². The minimum atomic E-state index is -0.0805. The van der Waals surface area contributed by atoms with Crippen LogP contribution in [0, 0.1) is 11.8 Å². The summed E-state index contributed by atoms with van der Waals surface area (Å²) in [5, 5.41) is 3.03. The van der Waals surface area contributed by atoms with E-state index < -0.39 is 0 Å². The Hall–Kier alpha value is -1.84. The Morgan fingerprint density at radius 1 is 1.04 bits per heavy atom. The predicted molar refractivity (Wildman–Crippen MR) is 117 cm³/mol. The van der Waals surface area contributed by atoms with Gasteiger partial charge in [0.15, 0.2) is 0 Å². The van der Waals surface area contributed by atoms with E-state index in [1.165, 1.54) is 12.0 Å². The van der Waals surface area contributed by atoms with Crippen molar-refractivity contribution in [3.05, 3.63) is 35.9 Å². The lowest BCUT2D eigenvalue weighted by Gasteiger charge is -2.24. The number of amides is 2. The van der Waals surface area contributed by atoms with Crippen LogP contribution in [0.5, 0.6) is 0 Å². The van der Waals surface area contributed by atoms with Crippen LogP contribution in [0.15, 0.2) is 30.3 Å². The molecule has 0 aliphatic heterocycles. The van der Waals surface area contributed by atoms with Gasteiger partial charge in [0.05, 0.1) is 0 Å². The lowest BCUT2D eigenvalue weighted by atomic mass is 10.0. The average Bonchev–Trinajstić information content (AvgIpc) is 2.71. The molecule has 28 heavy (non-hydrogen) atoms. The number of nitrogens with zero attached hydrogens (tertiary/aromatic N) is 1. The van der Waals surface area contributed by atoms with Gasteiger partial charge in [0.25, 0.3) is 0 Å². The molecule has 2 atom stereocenters. The van der Waals surface area contributed by atoms with Gasteiger partial charge < -0.3 is 10.2 Å². The maximum atomic E-state index is 12.5. The standard InChI is InChI=1S/C24H40N2O2/c1-5-18-26(23(27)14-10-11-20(3)6-2)19-16-21(4)24(28)25-17-15-22-12-8-7-9-13-22/h7-9,12-13,20-21H,5-6,10-11,14-19H2,1-4H3,(H,25,28)/t20-,21+/m0/s1. The minimum Gasteiger partial charge on any atom is -0.356 e. The zero-order chi connectivity index (χ0) is 20.8. The molecule has 0 saturated heterocycles. The molecule has 0 spiro atoms. The van der Waals surface area contributed by atoms with Gasteiger partial charge in [-0.25, -0.2) is 0 Å². The first kappa shape index (κ1) is 24.2. The number of benzene rings is 1. The number of nitrogens with one attached hydrogen (secondary N) is 1. The van der Waals surface area contributed by atoms with Crippen LogP contribution in [-0.4, -0.2) is 36.3 Å². The highest BCUT2D eigenvalue weighted by molar-refractivity contribution is 5.78. The van der Waals surface area contributed by atoms with Crippen LogP contribution in [-0.2, 0) is 16.0 Å². The average molecular weight is 389 g/mol. The lowest BCUT2D eigenvalue weighted by molar-refractivity contribution is -0.132. The van der Waals surface area contributed by atoms with Crippen molar-refractivity contribution in [1.82, 2.24) is 10.2 Å². The molecule has 0 aromatic heterocycles. The third-order valence-electron chi connectivity index (χ3n) is 5.47. The van der Waals surface area contributed by atoms with Crippen LogP contribution in [0.25, 0.3) is 0 Å². The molecule has 0 saturated carbocycles. The highest BCUT2D eigenvalue weighted by Crippen LogP contribution is 2.13. The molecule has 2 amide bonds. The van der Waals surface area contributed by atoms with Crippen LogP contribution in [0.3, 0.4) is 0 Å². The molecule has 1 N–H and O–H groups in total. The lowest BCUT2D eigenvalue weighted by Crippen LogP contribution is -2.36. The van der Waals surface area contributed by atoms with E-state index in [0.29, 0.717) is 31.8 Å². The van der Waals surface area contributed by atoms with Crippen molar-refractivity contribution >= 4 is 11.8 Å². The Balaban J connectivity index is 2.33. The second kappa shape index (κ2) is 14.2. The molecule has 1 aromatic rings. The molecule has 0 radical (unpaired) electrons. The summed E-state index contributed by atoms with van der Waals surface area (Å²) in [7, 11) is 0. The van der Waals surface area contributed by atoms with E-state index in [0.717, 1.165) is 32.2 Å². The van der Waals surface area contributed by atoms with E-state index in [2.05, 4.69) is 38.2 Å². The Labute approximate surface area is 172 Å². The quantitative estimate of drug-likeness (QED) is 0.496. The number of rotatable bonds is 14. The summed E-state index contributed by atoms with van der Waals surface area (Å²) in [6.45, 7) is 10.6. The first-order valence-electron chi connectivity index (χ1n) is 11.1. The van der Waals surface area contributed by atoms with Gasteiger partial charge in [0.1, 0.15) is 0 Å². The Morgan fingerprint density at radius 3 is 2.39 bits per heavy atom. The molecule has 4 nitrogen and oxygen atoms in total. The van der Waals surface area contributed by atoms with Crippen LogP contribution in [0.1, 0.15) is 71.8 Å². The second-order valence-electron chi connectivity index (χ2n) is 8.00. The molecule has 0 unspecified atom stereocenters. The van der Waals surface area contributed by atoms with Crippen LogP contribution >= 0.6 is 0 Å². The fourth-order valence-electron chi connectivity index (χ4n) is 3.22. The summed E-state index contributed by atoms with van der Waals surface area (Å²) >= 11 is 0. The second-order valence-corrected chi connectivity index (χ2v) is 8.00. The van der Waals surface area contributed by atoms with Crippen molar-refractivity contribution in [2.45, 2.75) is 72.6 Å². The van der Waals surface area contributed by atoms with E-state index >= 15 is 0 Å². The summed E-state index contributed by atoms with van der Waals surface area (Å²) in [5.74, 6) is 0.925. The molecule has 1 rings (SSSR count). The fourth-order valence-corrected chi connectivity index (χ4v) is 3.22. The molecular weight excluding hydrogens is 348 g/mol. The highest BCUT2D eigenvalue weighted by atomic mass is 16.2. The summed E-state index contributed by atoms with van der Waals surface area (Å²) in [5.41, 5.74) is 1.23. The van der Waals surface area contributed by atoms with Gasteiger partial charge in [-0.1, -0.05) is 70.9 Å². The van der Waals surface area contributed by atoms with Crippen molar-refractivity contribution in [2.75, 3.05) is 19.6 Å². The van der Waals surface area contributed by atoms with Crippen LogP contribution in [0.4, 0.5) is 0 Å². The predicted octanol–water partition coefficient (Wildman–Crippen LogP) is 4.83. The molecule has 0 aliphatic rings. The molecule has 158 valence electrons. The van der Waals surface area contributed by atoms with Gasteiger partial charge in [0, 0.05) is 32.0 Å². The van der Waals surface area contributed by atoms with Gasteiger partial charge in [-0.3, -0.25) is 9.59 Å². The SMILES string of the molecule is CCCN(CC[C@@H](C)C(=O)NCCc1ccccc1)C(=O)CCC[C@@H](C)CC. The smallest absolute Gasteiger partial charge is 0.222 e. The first-order chi connectivity index (χ1) is 13.5. The van der Waals surface area contributed by atoms with Crippen molar-refractivity contribution in [1.29, 1.82) is 0 Å². The largest absolute Gasteiger partial charge is 0.356 e. The van der Waals surface area contributed by atoms with Crippen molar-refractivity contribution in [2.24, 2.45) is 11.8 Å². The van der Waals surface area contributed by atoms with Crippen LogP contribution in [0.2, 0.25) is 0 Å². The third kappa shape index (κ3) is 9.91. The third-order valence-corrected chi connectivity index (χ3v) is 5.47. The monoisotopic (exact) mass is 388 g/mol.